The van der Waals surface area contributed by atoms with Crippen molar-refractivity contribution in [3.8, 4) is 0 Å². The summed E-state index contributed by atoms with van der Waals surface area (Å²) in [6.07, 6.45) is -11.2. The monoisotopic (exact) mass is 397 g/mol. The molecule has 0 amide bonds. The van der Waals surface area contributed by atoms with Crippen LogP contribution in [-0.4, -0.2) is 36.2 Å². The van der Waals surface area contributed by atoms with Gasteiger partial charge in [-0.1, -0.05) is 27.7 Å². The van der Waals surface area contributed by atoms with Crippen molar-refractivity contribution in [2.24, 2.45) is 22.5 Å². The van der Waals surface area contributed by atoms with Crippen molar-refractivity contribution < 1.29 is 31.1 Å². The smallest absolute Gasteiger partial charge is 0.375 e. The normalized spacial score (nSPS) is 15.1. The molecular weight excluding hydrogens is 368 g/mol. The molecule has 0 aliphatic heterocycles. The number of rotatable bonds is 9. The van der Waals surface area contributed by atoms with E-state index in [0.717, 1.165) is 27.7 Å². The molecule has 0 saturated carbocycles. The molecule has 0 rings (SSSR count). The Morgan fingerprint density at radius 1 is 0.920 bits per heavy atom. The van der Waals surface area contributed by atoms with Gasteiger partial charge in [-0.25, -0.2) is 0 Å². The number of ether oxygens (including phenoxy) is 1. The number of hydrogen-bond donors (Lipinski definition) is 1. The molecular formula is C16H29F6NOS. The van der Waals surface area contributed by atoms with Gasteiger partial charge >= 0.3 is 12.4 Å². The maximum absolute atomic E-state index is 13.7. The molecule has 25 heavy (non-hydrogen) atoms. The number of nitrogens with two attached hydrogens (primary N) is 1. The van der Waals surface area contributed by atoms with Crippen molar-refractivity contribution >= 4 is 11.8 Å². The molecule has 0 heterocycles. The molecule has 152 valence electrons. The van der Waals surface area contributed by atoms with E-state index in [0.29, 0.717) is 11.6 Å². The summed E-state index contributed by atoms with van der Waals surface area (Å²) in [7, 11) is 0. The third kappa shape index (κ3) is 5.42. The SMILES string of the molecule is CC(C)C(C(F)(F)F)(C(F)(F)F)C(C)(C)CCOC(C)(C)CSCN. The van der Waals surface area contributed by atoms with Crippen LogP contribution in [0.3, 0.4) is 0 Å². The Bertz CT molecular complexity index is 404. The number of halogens is 6. The van der Waals surface area contributed by atoms with Gasteiger partial charge < -0.3 is 10.5 Å². The first-order valence-electron chi connectivity index (χ1n) is 8.01. The molecule has 0 aromatic carbocycles. The van der Waals surface area contributed by atoms with Gasteiger partial charge in [0.1, 0.15) is 0 Å². The van der Waals surface area contributed by atoms with E-state index in [9.17, 15) is 26.3 Å². The van der Waals surface area contributed by atoms with Crippen molar-refractivity contribution in [2.45, 2.75) is 65.9 Å². The summed E-state index contributed by atoms with van der Waals surface area (Å²) in [4.78, 5) is 0. The second-order valence-electron chi connectivity index (χ2n) is 7.72. The zero-order valence-corrected chi connectivity index (χ0v) is 16.4. The lowest BCUT2D eigenvalue weighted by Gasteiger charge is -2.51. The third-order valence-electron chi connectivity index (χ3n) is 4.62. The molecule has 0 radical (unpaired) electrons. The maximum atomic E-state index is 13.7. The van der Waals surface area contributed by atoms with Gasteiger partial charge in [0, 0.05) is 18.2 Å². The summed E-state index contributed by atoms with van der Waals surface area (Å²) in [5, 5.41) is 0. The Labute approximate surface area is 150 Å². The van der Waals surface area contributed by atoms with Gasteiger partial charge in [-0.15, -0.1) is 11.8 Å². The zero-order chi connectivity index (χ0) is 20.3. The van der Waals surface area contributed by atoms with Gasteiger partial charge in [0.25, 0.3) is 0 Å². The van der Waals surface area contributed by atoms with Crippen molar-refractivity contribution in [1.29, 1.82) is 0 Å². The van der Waals surface area contributed by atoms with Gasteiger partial charge in [0.2, 0.25) is 0 Å². The average Bonchev–Trinajstić information content (AvgIpc) is 2.31. The van der Waals surface area contributed by atoms with E-state index in [1.165, 1.54) is 11.8 Å². The number of thioether (sulfide) groups is 1. The fourth-order valence-corrected chi connectivity index (χ4v) is 4.18. The molecule has 2 N–H and O–H groups in total. The molecule has 0 unspecified atom stereocenters. The second kappa shape index (κ2) is 8.25. The molecule has 0 atom stereocenters. The van der Waals surface area contributed by atoms with Crippen LogP contribution in [0.1, 0.15) is 48.0 Å². The van der Waals surface area contributed by atoms with Gasteiger partial charge in [-0.2, -0.15) is 26.3 Å². The number of hydrogen-bond acceptors (Lipinski definition) is 3. The summed E-state index contributed by atoms with van der Waals surface area (Å²) in [5.74, 6) is -0.808. The minimum Gasteiger partial charge on any atom is -0.375 e. The van der Waals surface area contributed by atoms with Crippen molar-refractivity contribution in [1.82, 2.24) is 0 Å². The topological polar surface area (TPSA) is 35.2 Å². The van der Waals surface area contributed by atoms with Gasteiger partial charge in [0.05, 0.1) is 5.60 Å². The van der Waals surface area contributed by atoms with Crippen LogP contribution in [0, 0.1) is 16.7 Å². The molecule has 0 saturated heterocycles. The highest BCUT2D eigenvalue weighted by Crippen LogP contribution is 2.65. The second-order valence-corrected chi connectivity index (χ2v) is 8.75. The number of alkyl halides is 6. The van der Waals surface area contributed by atoms with Crippen LogP contribution in [-0.2, 0) is 4.74 Å². The van der Waals surface area contributed by atoms with E-state index in [1.807, 2.05) is 0 Å². The minimum atomic E-state index is -5.42. The first-order chi connectivity index (χ1) is 11.0. The van der Waals surface area contributed by atoms with Crippen LogP contribution in [0.25, 0.3) is 0 Å². The van der Waals surface area contributed by atoms with E-state index >= 15 is 0 Å². The standard InChI is InChI=1S/C16H29F6NOS/c1-11(2)14(15(17,18)19,16(20,21)22)12(3,4)7-8-24-13(5,6)9-25-10-23/h11H,7-10,23H2,1-6H3. The first-order valence-corrected chi connectivity index (χ1v) is 9.17. The zero-order valence-electron chi connectivity index (χ0n) is 15.6. The highest BCUT2D eigenvalue weighted by molar-refractivity contribution is 7.99. The molecule has 0 spiro atoms. The molecule has 0 bridgehead atoms. The van der Waals surface area contributed by atoms with Crippen LogP contribution in [0.2, 0.25) is 0 Å². The molecule has 0 aliphatic rings. The highest BCUT2D eigenvalue weighted by atomic mass is 32.2. The quantitative estimate of drug-likeness (QED) is 0.405. The lowest BCUT2D eigenvalue weighted by molar-refractivity contribution is -0.390. The highest BCUT2D eigenvalue weighted by Gasteiger charge is 2.77. The molecule has 0 fully saturated rings. The predicted molar refractivity (Wildman–Crippen MR) is 89.3 cm³/mol. The van der Waals surface area contributed by atoms with Gasteiger partial charge in [0.15, 0.2) is 5.41 Å². The van der Waals surface area contributed by atoms with Crippen LogP contribution in [0.5, 0.6) is 0 Å². The summed E-state index contributed by atoms with van der Waals surface area (Å²) >= 11 is 1.38. The summed E-state index contributed by atoms with van der Waals surface area (Å²) in [6.45, 7) is 7.21. The lowest BCUT2D eigenvalue weighted by atomic mass is 9.57. The Hall–Kier alpha value is -0.150. The fraction of sp³-hybridized carbons (Fsp3) is 1.00. The molecule has 0 aliphatic carbocycles. The Balaban J connectivity index is 5.53. The van der Waals surface area contributed by atoms with E-state index in [1.54, 1.807) is 13.8 Å². The lowest BCUT2D eigenvalue weighted by Crippen LogP contribution is -2.62. The van der Waals surface area contributed by atoms with Crippen LogP contribution in [0.15, 0.2) is 0 Å². The largest absolute Gasteiger partial charge is 0.403 e. The summed E-state index contributed by atoms with van der Waals surface area (Å²) < 4.78 is 87.6. The Morgan fingerprint density at radius 3 is 1.68 bits per heavy atom. The van der Waals surface area contributed by atoms with E-state index in [4.69, 9.17) is 10.5 Å². The Morgan fingerprint density at radius 2 is 1.36 bits per heavy atom. The molecule has 9 heteroatoms. The van der Waals surface area contributed by atoms with E-state index < -0.39 is 34.7 Å². The van der Waals surface area contributed by atoms with Gasteiger partial charge in [-0.05, 0) is 31.6 Å². The van der Waals surface area contributed by atoms with E-state index in [-0.39, 0.29) is 13.0 Å². The van der Waals surface area contributed by atoms with Crippen molar-refractivity contribution in [3.63, 3.8) is 0 Å². The van der Waals surface area contributed by atoms with E-state index in [2.05, 4.69) is 0 Å². The first kappa shape index (κ1) is 24.8. The fourth-order valence-electron chi connectivity index (χ4n) is 3.49. The van der Waals surface area contributed by atoms with Crippen LogP contribution >= 0.6 is 11.8 Å². The van der Waals surface area contributed by atoms with Crippen LogP contribution < -0.4 is 5.73 Å². The third-order valence-corrected chi connectivity index (χ3v) is 5.75. The maximum Gasteiger partial charge on any atom is 0.403 e. The minimum absolute atomic E-state index is 0.203. The predicted octanol–water partition coefficient (Wildman–Crippen LogP) is 5.61. The summed E-state index contributed by atoms with van der Waals surface area (Å²) in [5.41, 5.74) is -1.21. The van der Waals surface area contributed by atoms with Crippen LogP contribution in [0.4, 0.5) is 26.3 Å². The Kier molecular flexibility index (Phi) is 8.20. The molecule has 0 aromatic rings. The summed E-state index contributed by atoms with van der Waals surface area (Å²) in [6, 6.07) is 0. The molecule has 0 aromatic heterocycles. The average molecular weight is 397 g/mol. The molecule has 2 nitrogen and oxygen atoms in total. The van der Waals surface area contributed by atoms with Crippen molar-refractivity contribution in [2.75, 3.05) is 18.2 Å². The van der Waals surface area contributed by atoms with Crippen molar-refractivity contribution in [3.05, 3.63) is 0 Å². The van der Waals surface area contributed by atoms with Gasteiger partial charge in [-0.3, -0.25) is 0 Å².